The number of esters is 2. The highest BCUT2D eigenvalue weighted by Gasteiger charge is 2.39. The Balaban J connectivity index is 1.82. The van der Waals surface area contributed by atoms with Crippen molar-refractivity contribution in [3.8, 4) is 0 Å². The van der Waals surface area contributed by atoms with Crippen LogP contribution in [0.5, 0.6) is 0 Å². The number of carbonyl (C=O) groups is 2. The number of carbonyl (C=O) groups excluding carboxylic acids is 2. The number of benzene rings is 1. The first-order valence-electron chi connectivity index (χ1n) is 8.73. The molecule has 0 saturated carbocycles. The lowest BCUT2D eigenvalue weighted by atomic mass is 9.98. The second-order valence-electron chi connectivity index (χ2n) is 7.21. The summed E-state index contributed by atoms with van der Waals surface area (Å²) >= 11 is 0. The lowest BCUT2D eigenvalue weighted by molar-refractivity contribution is -0.222. The minimum Gasteiger partial charge on any atom is -0.419 e. The summed E-state index contributed by atoms with van der Waals surface area (Å²) in [6.45, 7) is 6.92. The molecule has 0 atom stereocenters. The third kappa shape index (κ3) is 3.98. The molecular formula is C19H23FN2O4. The molecule has 7 heteroatoms. The second-order valence-corrected chi connectivity index (χ2v) is 7.21. The molecule has 0 aromatic heterocycles. The maximum atomic E-state index is 13.7. The number of hydrogen-bond acceptors (Lipinski definition) is 6. The zero-order valence-corrected chi connectivity index (χ0v) is 15.2. The highest BCUT2D eigenvalue weighted by molar-refractivity contribution is 6.15. The van der Waals surface area contributed by atoms with Gasteiger partial charge in [-0.1, -0.05) is 6.92 Å². The Morgan fingerprint density at radius 1 is 1.19 bits per heavy atom. The van der Waals surface area contributed by atoms with E-state index < -0.39 is 23.5 Å². The van der Waals surface area contributed by atoms with Gasteiger partial charge in [-0.2, -0.15) is 0 Å². The quantitative estimate of drug-likeness (QED) is 0.506. The van der Waals surface area contributed by atoms with E-state index in [2.05, 4.69) is 17.1 Å². The van der Waals surface area contributed by atoms with Gasteiger partial charge < -0.3 is 19.7 Å². The second kappa shape index (κ2) is 6.97. The molecule has 0 spiro atoms. The predicted octanol–water partition coefficient (Wildman–Crippen LogP) is 3.19. The molecule has 0 amide bonds. The van der Waals surface area contributed by atoms with Crippen LogP contribution in [0.4, 0.5) is 15.8 Å². The van der Waals surface area contributed by atoms with Crippen molar-refractivity contribution in [2.75, 3.05) is 23.3 Å². The first-order chi connectivity index (χ1) is 12.2. The molecule has 0 unspecified atom stereocenters. The van der Waals surface area contributed by atoms with Crippen molar-refractivity contribution in [1.82, 2.24) is 0 Å². The molecule has 1 aromatic rings. The first kappa shape index (κ1) is 18.2. The Labute approximate surface area is 151 Å². The van der Waals surface area contributed by atoms with Gasteiger partial charge in [0, 0.05) is 33.1 Å². The normalized spacial score (nSPS) is 20.5. The van der Waals surface area contributed by atoms with E-state index in [0.29, 0.717) is 11.6 Å². The van der Waals surface area contributed by atoms with Crippen LogP contribution in [0.25, 0.3) is 0 Å². The van der Waals surface area contributed by atoms with Crippen LogP contribution in [0.2, 0.25) is 0 Å². The van der Waals surface area contributed by atoms with Crippen LogP contribution in [0.15, 0.2) is 30.0 Å². The summed E-state index contributed by atoms with van der Waals surface area (Å²) in [4.78, 5) is 26.2. The summed E-state index contributed by atoms with van der Waals surface area (Å²) in [6, 6.07) is 4.44. The Kier molecular flexibility index (Phi) is 4.89. The van der Waals surface area contributed by atoms with Gasteiger partial charge in [0.25, 0.3) is 5.79 Å². The summed E-state index contributed by atoms with van der Waals surface area (Å²) in [5, 5.41) is 2.88. The van der Waals surface area contributed by atoms with Gasteiger partial charge in [-0.25, -0.2) is 14.0 Å². The molecule has 2 aliphatic rings. The molecule has 0 bridgehead atoms. The minimum absolute atomic E-state index is 0.258. The summed E-state index contributed by atoms with van der Waals surface area (Å²) in [7, 11) is 0. The van der Waals surface area contributed by atoms with Crippen LogP contribution in [0, 0.1) is 11.7 Å². The number of piperidine rings is 1. The smallest absolute Gasteiger partial charge is 0.350 e. The van der Waals surface area contributed by atoms with E-state index in [4.69, 9.17) is 9.47 Å². The largest absolute Gasteiger partial charge is 0.419 e. The van der Waals surface area contributed by atoms with E-state index in [1.807, 2.05) is 0 Å². The summed E-state index contributed by atoms with van der Waals surface area (Å²) in [5.74, 6) is -2.58. The average molecular weight is 362 g/mol. The number of halogens is 1. The molecule has 2 saturated heterocycles. The van der Waals surface area contributed by atoms with E-state index in [1.54, 1.807) is 6.07 Å². The Morgan fingerprint density at radius 3 is 2.42 bits per heavy atom. The lowest BCUT2D eigenvalue weighted by Gasteiger charge is -2.33. The van der Waals surface area contributed by atoms with Crippen LogP contribution in [0.3, 0.4) is 0 Å². The maximum absolute atomic E-state index is 13.7. The average Bonchev–Trinajstić information content (AvgIpc) is 2.54. The molecule has 3 rings (SSSR count). The number of nitrogens with one attached hydrogen (secondary N) is 1. The highest BCUT2D eigenvalue weighted by Crippen LogP contribution is 2.31. The van der Waals surface area contributed by atoms with E-state index in [9.17, 15) is 14.0 Å². The molecule has 0 aliphatic carbocycles. The molecule has 140 valence electrons. The van der Waals surface area contributed by atoms with Crippen LogP contribution >= 0.6 is 0 Å². The van der Waals surface area contributed by atoms with Gasteiger partial charge in [-0.15, -0.1) is 0 Å². The fourth-order valence-corrected chi connectivity index (χ4v) is 3.08. The number of hydrogen-bond donors (Lipinski definition) is 1. The summed E-state index contributed by atoms with van der Waals surface area (Å²) in [5.41, 5.74) is 1.05. The number of nitrogens with zero attached hydrogens (tertiary/aromatic N) is 1. The van der Waals surface area contributed by atoms with Crippen LogP contribution < -0.4 is 10.2 Å². The van der Waals surface area contributed by atoms with Crippen molar-refractivity contribution in [1.29, 1.82) is 0 Å². The number of rotatable bonds is 3. The van der Waals surface area contributed by atoms with Crippen molar-refractivity contribution in [2.24, 2.45) is 5.92 Å². The molecular weight excluding hydrogens is 339 g/mol. The predicted molar refractivity (Wildman–Crippen MR) is 95.0 cm³/mol. The van der Waals surface area contributed by atoms with E-state index in [0.717, 1.165) is 31.6 Å². The van der Waals surface area contributed by atoms with E-state index in [1.165, 1.54) is 32.2 Å². The monoisotopic (exact) mass is 362 g/mol. The summed E-state index contributed by atoms with van der Waals surface area (Å²) in [6.07, 6.45) is 3.34. The van der Waals surface area contributed by atoms with Crippen LogP contribution in [0.1, 0.15) is 33.6 Å². The summed E-state index contributed by atoms with van der Waals surface area (Å²) < 4.78 is 23.8. The third-order valence-electron chi connectivity index (χ3n) is 4.57. The van der Waals surface area contributed by atoms with Crippen molar-refractivity contribution in [2.45, 2.75) is 39.4 Å². The van der Waals surface area contributed by atoms with Crippen molar-refractivity contribution in [3.05, 3.63) is 35.8 Å². The minimum atomic E-state index is -1.29. The van der Waals surface area contributed by atoms with Crippen molar-refractivity contribution in [3.63, 3.8) is 0 Å². The number of cyclic esters (lactones) is 2. The first-order valence-corrected chi connectivity index (χ1v) is 8.73. The standard InChI is InChI=1S/C19H23FN2O4/c1-12-6-8-22(9-7-12)16-5-4-13(20)10-15(16)21-11-14-17(23)25-19(2,3)26-18(14)24/h4-5,10-12,21H,6-9H2,1-3H3. The number of anilines is 2. The van der Waals surface area contributed by atoms with Crippen molar-refractivity contribution < 1.29 is 23.5 Å². The molecule has 1 N–H and O–H groups in total. The van der Waals surface area contributed by atoms with Gasteiger partial charge in [-0.05, 0) is 37.0 Å². The van der Waals surface area contributed by atoms with E-state index >= 15 is 0 Å². The zero-order valence-electron chi connectivity index (χ0n) is 15.2. The molecule has 1 aromatic carbocycles. The van der Waals surface area contributed by atoms with Crippen LogP contribution in [-0.2, 0) is 19.1 Å². The lowest BCUT2D eigenvalue weighted by Crippen LogP contribution is -2.42. The fraction of sp³-hybridized carbons (Fsp3) is 0.474. The molecule has 2 aliphatic heterocycles. The van der Waals surface area contributed by atoms with Gasteiger partial charge in [0.05, 0.1) is 11.4 Å². The van der Waals surface area contributed by atoms with Gasteiger partial charge >= 0.3 is 11.9 Å². The molecule has 2 heterocycles. The molecule has 26 heavy (non-hydrogen) atoms. The number of ether oxygens (including phenoxy) is 2. The molecule has 0 radical (unpaired) electrons. The van der Waals surface area contributed by atoms with Gasteiger partial charge in [0.15, 0.2) is 5.57 Å². The molecule has 6 nitrogen and oxygen atoms in total. The van der Waals surface area contributed by atoms with Crippen molar-refractivity contribution >= 4 is 23.3 Å². The Hall–Kier alpha value is -2.57. The third-order valence-corrected chi connectivity index (χ3v) is 4.57. The van der Waals surface area contributed by atoms with Gasteiger partial charge in [-0.3, -0.25) is 0 Å². The Morgan fingerprint density at radius 2 is 1.81 bits per heavy atom. The fourth-order valence-electron chi connectivity index (χ4n) is 3.08. The van der Waals surface area contributed by atoms with Gasteiger partial charge in [0.1, 0.15) is 5.82 Å². The topological polar surface area (TPSA) is 67.9 Å². The zero-order chi connectivity index (χ0) is 18.9. The molecule has 2 fully saturated rings. The highest BCUT2D eigenvalue weighted by atomic mass is 19.1. The van der Waals surface area contributed by atoms with Crippen LogP contribution in [-0.4, -0.2) is 30.8 Å². The SMILES string of the molecule is CC1CCN(c2ccc(F)cc2NC=C2C(=O)OC(C)(C)OC2=O)CC1. The maximum Gasteiger partial charge on any atom is 0.350 e. The Bertz CT molecular complexity index is 730. The van der Waals surface area contributed by atoms with Gasteiger partial charge in [0.2, 0.25) is 0 Å². The van der Waals surface area contributed by atoms with E-state index in [-0.39, 0.29) is 5.57 Å².